The lowest BCUT2D eigenvalue weighted by Crippen LogP contribution is -1.94. The van der Waals surface area contributed by atoms with Gasteiger partial charge < -0.3 is 4.74 Å². The summed E-state index contributed by atoms with van der Waals surface area (Å²) in [6.07, 6.45) is 0. The van der Waals surface area contributed by atoms with Gasteiger partial charge >= 0.3 is 0 Å². The molecule has 0 bridgehead atoms. The lowest BCUT2D eigenvalue weighted by atomic mass is 10.1. The van der Waals surface area contributed by atoms with E-state index in [-0.39, 0.29) is 4.83 Å². The Labute approximate surface area is 115 Å². The molecule has 0 spiro atoms. The van der Waals surface area contributed by atoms with Crippen LogP contribution in [0.25, 0.3) is 0 Å². The van der Waals surface area contributed by atoms with Crippen LogP contribution in [-0.2, 0) is 0 Å². The standard InChI is InChI=1S/C14H15BrOS/c1-3-16-12-6-4-11(5-7-12)13(15)14-10(2)8-9-17-14/h4-9,13H,3H2,1-2H3. The van der Waals surface area contributed by atoms with Gasteiger partial charge in [-0.05, 0) is 48.6 Å². The van der Waals surface area contributed by atoms with Crippen molar-refractivity contribution in [2.45, 2.75) is 18.7 Å². The molecule has 1 aromatic heterocycles. The predicted octanol–water partition coefficient (Wildman–Crippen LogP) is 4.94. The third kappa shape index (κ3) is 2.90. The van der Waals surface area contributed by atoms with Crippen molar-refractivity contribution in [2.75, 3.05) is 6.61 Å². The number of benzene rings is 1. The van der Waals surface area contributed by atoms with Crippen molar-refractivity contribution in [2.24, 2.45) is 0 Å². The van der Waals surface area contributed by atoms with E-state index >= 15 is 0 Å². The first kappa shape index (κ1) is 12.7. The van der Waals surface area contributed by atoms with Gasteiger partial charge in [0.05, 0.1) is 11.4 Å². The summed E-state index contributed by atoms with van der Waals surface area (Å²) in [5.74, 6) is 0.929. The highest BCUT2D eigenvalue weighted by molar-refractivity contribution is 9.09. The normalized spacial score (nSPS) is 12.4. The van der Waals surface area contributed by atoms with Crippen LogP contribution in [0.2, 0.25) is 0 Å². The van der Waals surface area contributed by atoms with Crippen molar-refractivity contribution in [3.05, 3.63) is 51.7 Å². The van der Waals surface area contributed by atoms with E-state index in [4.69, 9.17) is 4.74 Å². The first-order valence-electron chi connectivity index (χ1n) is 5.63. The van der Waals surface area contributed by atoms with E-state index in [1.54, 1.807) is 11.3 Å². The summed E-state index contributed by atoms with van der Waals surface area (Å²) in [6.45, 7) is 4.85. The smallest absolute Gasteiger partial charge is 0.119 e. The highest BCUT2D eigenvalue weighted by atomic mass is 79.9. The van der Waals surface area contributed by atoms with Gasteiger partial charge in [0.25, 0.3) is 0 Å². The van der Waals surface area contributed by atoms with Gasteiger partial charge in [0.2, 0.25) is 0 Å². The van der Waals surface area contributed by atoms with Gasteiger partial charge in [0.1, 0.15) is 5.75 Å². The summed E-state index contributed by atoms with van der Waals surface area (Å²) in [5.41, 5.74) is 2.60. The molecule has 17 heavy (non-hydrogen) atoms. The third-order valence-corrected chi connectivity index (χ3v) is 4.99. The van der Waals surface area contributed by atoms with Crippen LogP contribution in [0.3, 0.4) is 0 Å². The molecule has 1 aromatic carbocycles. The Balaban J connectivity index is 2.20. The molecule has 1 unspecified atom stereocenters. The van der Waals surface area contributed by atoms with Crippen LogP contribution < -0.4 is 4.74 Å². The fraction of sp³-hybridized carbons (Fsp3) is 0.286. The number of ether oxygens (including phenoxy) is 1. The van der Waals surface area contributed by atoms with E-state index in [0.717, 1.165) is 5.75 Å². The molecule has 0 aliphatic carbocycles. The van der Waals surface area contributed by atoms with E-state index in [1.807, 2.05) is 19.1 Å². The van der Waals surface area contributed by atoms with Crippen molar-refractivity contribution in [3.63, 3.8) is 0 Å². The second-order valence-corrected chi connectivity index (χ2v) is 5.70. The van der Waals surface area contributed by atoms with Crippen molar-refractivity contribution < 1.29 is 4.74 Å². The van der Waals surface area contributed by atoms with E-state index in [2.05, 4.69) is 46.4 Å². The molecule has 1 heterocycles. The van der Waals surface area contributed by atoms with Crippen molar-refractivity contribution in [1.29, 1.82) is 0 Å². The van der Waals surface area contributed by atoms with Gasteiger partial charge in [-0.2, -0.15) is 0 Å². The first-order chi connectivity index (χ1) is 8.22. The molecule has 2 aromatic rings. The minimum absolute atomic E-state index is 0.276. The number of hydrogen-bond donors (Lipinski definition) is 0. The Bertz CT molecular complexity index is 475. The molecular formula is C14H15BrOS. The van der Waals surface area contributed by atoms with Crippen LogP contribution >= 0.6 is 27.3 Å². The molecule has 0 N–H and O–H groups in total. The predicted molar refractivity (Wildman–Crippen MR) is 77.4 cm³/mol. The average molecular weight is 311 g/mol. The minimum atomic E-state index is 0.276. The average Bonchev–Trinajstić information content (AvgIpc) is 2.76. The van der Waals surface area contributed by atoms with Crippen molar-refractivity contribution >= 4 is 27.3 Å². The van der Waals surface area contributed by atoms with E-state index in [9.17, 15) is 0 Å². The third-order valence-electron chi connectivity index (χ3n) is 2.62. The highest BCUT2D eigenvalue weighted by Crippen LogP contribution is 2.36. The number of alkyl halides is 1. The zero-order valence-corrected chi connectivity index (χ0v) is 12.3. The molecule has 0 aliphatic heterocycles. The summed E-state index contributed by atoms with van der Waals surface area (Å²) >= 11 is 5.55. The Kier molecular flexibility index (Phi) is 4.24. The Morgan fingerprint density at radius 1 is 1.24 bits per heavy atom. The maximum absolute atomic E-state index is 5.44. The molecule has 3 heteroatoms. The van der Waals surface area contributed by atoms with Gasteiger partial charge in [0, 0.05) is 4.88 Å². The summed E-state index contributed by atoms with van der Waals surface area (Å²) in [6, 6.07) is 10.4. The number of aryl methyl sites for hydroxylation is 1. The molecule has 0 saturated heterocycles. The highest BCUT2D eigenvalue weighted by Gasteiger charge is 2.13. The molecule has 0 radical (unpaired) electrons. The maximum atomic E-state index is 5.44. The molecule has 1 nitrogen and oxygen atoms in total. The minimum Gasteiger partial charge on any atom is -0.494 e. The Morgan fingerprint density at radius 2 is 1.94 bits per heavy atom. The molecule has 0 amide bonds. The monoisotopic (exact) mass is 310 g/mol. The summed E-state index contributed by atoms with van der Waals surface area (Å²) in [5, 5.41) is 2.13. The van der Waals surface area contributed by atoms with Crippen LogP contribution in [-0.4, -0.2) is 6.61 Å². The summed E-state index contributed by atoms with van der Waals surface area (Å²) in [4.78, 5) is 1.65. The van der Waals surface area contributed by atoms with Gasteiger partial charge in [-0.1, -0.05) is 28.1 Å². The zero-order valence-electron chi connectivity index (χ0n) is 9.94. The molecule has 0 aliphatic rings. The lowest BCUT2D eigenvalue weighted by molar-refractivity contribution is 0.340. The van der Waals surface area contributed by atoms with Crippen LogP contribution in [0.5, 0.6) is 5.75 Å². The number of rotatable bonds is 4. The second-order valence-electron chi connectivity index (χ2n) is 3.83. The SMILES string of the molecule is CCOc1ccc(C(Br)c2sccc2C)cc1. The van der Waals surface area contributed by atoms with Gasteiger partial charge in [-0.15, -0.1) is 11.3 Å². The number of thiophene rings is 1. The van der Waals surface area contributed by atoms with Gasteiger partial charge in [0.15, 0.2) is 0 Å². The van der Waals surface area contributed by atoms with Crippen molar-refractivity contribution in [1.82, 2.24) is 0 Å². The zero-order chi connectivity index (χ0) is 12.3. The van der Waals surface area contributed by atoms with E-state index in [1.165, 1.54) is 16.0 Å². The largest absolute Gasteiger partial charge is 0.494 e. The first-order valence-corrected chi connectivity index (χ1v) is 7.42. The van der Waals surface area contributed by atoms with Crippen LogP contribution in [0.15, 0.2) is 35.7 Å². The fourth-order valence-corrected chi connectivity index (χ4v) is 3.61. The second kappa shape index (κ2) is 5.69. The maximum Gasteiger partial charge on any atom is 0.119 e. The van der Waals surface area contributed by atoms with Gasteiger partial charge in [-0.25, -0.2) is 0 Å². The van der Waals surface area contributed by atoms with Crippen LogP contribution in [0, 0.1) is 6.92 Å². The van der Waals surface area contributed by atoms with E-state index < -0.39 is 0 Å². The van der Waals surface area contributed by atoms with E-state index in [0.29, 0.717) is 6.61 Å². The fourth-order valence-electron chi connectivity index (χ4n) is 1.70. The molecule has 1 atom stereocenters. The molecule has 90 valence electrons. The summed E-state index contributed by atoms with van der Waals surface area (Å²) < 4.78 is 5.44. The topological polar surface area (TPSA) is 9.23 Å². The lowest BCUT2D eigenvalue weighted by Gasteiger charge is -2.11. The molecule has 2 rings (SSSR count). The quantitative estimate of drug-likeness (QED) is 0.727. The number of hydrogen-bond acceptors (Lipinski definition) is 2. The van der Waals surface area contributed by atoms with Gasteiger partial charge in [-0.3, -0.25) is 0 Å². The molecule has 0 fully saturated rings. The molecular weight excluding hydrogens is 296 g/mol. The molecule has 0 saturated carbocycles. The Hall–Kier alpha value is -0.800. The Morgan fingerprint density at radius 3 is 2.47 bits per heavy atom. The summed E-state index contributed by atoms with van der Waals surface area (Å²) in [7, 11) is 0. The number of halogens is 1. The van der Waals surface area contributed by atoms with Crippen LogP contribution in [0.1, 0.15) is 27.8 Å². The van der Waals surface area contributed by atoms with Crippen molar-refractivity contribution in [3.8, 4) is 5.75 Å². The van der Waals surface area contributed by atoms with Crippen LogP contribution in [0.4, 0.5) is 0 Å².